The molecule has 4 rings (SSSR count). The molecule has 0 unspecified atom stereocenters. The minimum atomic E-state index is 0.0474. The van der Waals surface area contributed by atoms with E-state index >= 15 is 0 Å². The number of thioether (sulfide) groups is 1. The van der Waals surface area contributed by atoms with Crippen molar-refractivity contribution in [3.8, 4) is 0 Å². The third-order valence-electron chi connectivity index (χ3n) is 6.15. The number of carbonyl (C=O) groups is 1. The Kier molecular flexibility index (Phi) is 6.11. The minimum absolute atomic E-state index is 0.0474. The number of amides is 1. The molecule has 0 bridgehead atoms. The molecule has 2 aromatic rings. The number of thiophene rings is 1. The lowest BCUT2D eigenvalue weighted by molar-refractivity contribution is -0.119. The molecule has 28 heavy (non-hydrogen) atoms. The summed E-state index contributed by atoms with van der Waals surface area (Å²) < 4.78 is 1.74. The molecule has 1 fully saturated rings. The summed E-state index contributed by atoms with van der Waals surface area (Å²) in [6, 6.07) is 0.287. The third-order valence-corrected chi connectivity index (χ3v) is 8.31. The monoisotopic (exact) mass is 419 g/mol. The second-order valence-corrected chi connectivity index (χ2v) is 10.1. The largest absolute Gasteiger partial charge is 0.352 e. The molecule has 0 aromatic carbocycles. The number of hydrogen-bond acceptors (Lipinski definition) is 5. The highest BCUT2D eigenvalue weighted by Crippen LogP contribution is 2.34. The summed E-state index contributed by atoms with van der Waals surface area (Å²) in [5.41, 5.74) is 1.29. The zero-order valence-electron chi connectivity index (χ0n) is 16.8. The number of aryl methyl sites for hydroxylation is 2. The Morgan fingerprint density at radius 2 is 2.04 bits per heavy atom. The van der Waals surface area contributed by atoms with E-state index in [1.165, 1.54) is 47.9 Å². The van der Waals surface area contributed by atoms with Crippen LogP contribution in [0.1, 0.15) is 62.8 Å². The molecule has 2 aliphatic rings. The lowest BCUT2D eigenvalue weighted by atomic mass is 9.86. The fraction of sp³-hybridized carbons (Fsp3) is 0.667. The van der Waals surface area contributed by atoms with E-state index in [4.69, 9.17) is 4.98 Å². The number of nitrogens with zero attached hydrogens (tertiary/aromatic N) is 2. The fourth-order valence-corrected chi connectivity index (χ4v) is 6.69. The molecule has 0 aliphatic heterocycles. The van der Waals surface area contributed by atoms with Crippen LogP contribution in [0.15, 0.2) is 9.95 Å². The smallest absolute Gasteiger partial charge is 0.263 e. The van der Waals surface area contributed by atoms with Crippen molar-refractivity contribution in [2.45, 2.75) is 83.0 Å². The van der Waals surface area contributed by atoms with Gasteiger partial charge in [0.25, 0.3) is 5.56 Å². The molecule has 0 spiro atoms. The molecular weight excluding hydrogens is 390 g/mol. The van der Waals surface area contributed by atoms with Crippen LogP contribution in [0.25, 0.3) is 10.2 Å². The van der Waals surface area contributed by atoms with E-state index in [1.54, 1.807) is 15.9 Å². The van der Waals surface area contributed by atoms with E-state index in [0.717, 1.165) is 35.9 Å². The SMILES string of the molecule is CCn1c(SCC(=O)N[C@@H]2CCCC[C@H]2C)nc2sc3c(c2c1=O)CCCC3. The van der Waals surface area contributed by atoms with Crippen LogP contribution in [0.3, 0.4) is 0 Å². The average Bonchev–Trinajstić information content (AvgIpc) is 3.07. The topological polar surface area (TPSA) is 64.0 Å². The van der Waals surface area contributed by atoms with Gasteiger partial charge in [-0.1, -0.05) is 31.5 Å². The first-order chi connectivity index (χ1) is 13.6. The second-order valence-electron chi connectivity index (χ2n) is 8.06. The van der Waals surface area contributed by atoms with Gasteiger partial charge in [-0.15, -0.1) is 11.3 Å². The molecule has 2 heterocycles. The van der Waals surface area contributed by atoms with E-state index in [1.807, 2.05) is 6.92 Å². The van der Waals surface area contributed by atoms with Crippen molar-refractivity contribution >= 4 is 39.2 Å². The van der Waals surface area contributed by atoms with Gasteiger partial charge >= 0.3 is 0 Å². The van der Waals surface area contributed by atoms with E-state index < -0.39 is 0 Å². The Labute approximate surface area is 174 Å². The van der Waals surface area contributed by atoms with E-state index in [2.05, 4.69) is 12.2 Å². The maximum atomic E-state index is 13.1. The van der Waals surface area contributed by atoms with Gasteiger partial charge in [0, 0.05) is 17.5 Å². The molecule has 0 radical (unpaired) electrons. The first-order valence-electron chi connectivity index (χ1n) is 10.6. The van der Waals surface area contributed by atoms with Crippen LogP contribution in [-0.4, -0.2) is 27.3 Å². The van der Waals surface area contributed by atoms with Crippen LogP contribution in [0.2, 0.25) is 0 Å². The Hall–Kier alpha value is -1.34. The molecule has 5 nitrogen and oxygen atoms in total. The molecule has 2 aliphatic carbocycles. The molecule has 1 saturated carbocycles. The van der Waals surface area contributed by atoms with Crippen LogP contribution < -0.4 is 10.9 Å². The van der Waals surface area contributed by atoms with Crippen molar-refractivity contribution in [2.24, 2.45) is 5.92 Å². The van der Waals surface area contributed by atoms with Crippen LogP contribution in [0.4, 0.5) is 0 Å². The summed E-state index contributed by atoms with van der Waals surface area (Å²) in [7, 11) is 0. The number of nitrogens with one attached hydrogen (secondary N) is 1. The lowest BCUT2D eigenvalue weighted by Crippen LogP contribution is -2.41. The Morgan fingerprint density at radius 1 is 1.25 bits per heavy atom. The van der Waals surface area contributed by atoms with Gasteiger partial charge in [-0.2, -0.15) is 0 Å². The van der Waals surface area contributed by atoms with Crippen molar-refractivity contribution in [2.75, 3.05) is 5.75 Å². The van der Waals surface area contributed by atoms with Crippen LogP contribution >= 0.6 is 23.1 Å². The number of hydrogen-bond donors (Lipinski definition) is 1. The third kappa shape index (κ3) is 3.88. The zero-order chi connectivity index (χ0) is 19.7. The van der Waals surface area contributed by atoms with Gasteiger partial charge in [0.05, 0.1) is 11.1 Å². The lowest BCUT2D eigenvalue weighted by Gasteiger charge is -2.29. The number of rotatable bonds is 5. The first-order valence-corrected chi connectivity index (χ1v) is 12.4. The number of aromatic nitrogens is 2. The van der Waals surface area contributed by atoms with Gasteiger partial charge in [0.15, 0.2) is 5.16 Å². The maximum Gasteiger partial charge on any atom is 0.263 e. The summed E-state index contributed by atoms with van der Waals surface area (Å²) in [5, 5.41) is 4.69. The van der Waals surface area contributed by atoms with Gasteiger partial charge in [-0.25, -0.2) is 4.98 Å². The number of fused-ring (bicyclic) bond motifs is 3. The molecule has 1 amide bonds. The Bertz CT molecular complexity index is 934. The van der Waals surface area contributed by atoms with Gasteiger partial charge in [0.2, 0.25) is 5.91 Å². The van der Waals surface area contributed by atoms with Crippen molar-refractivity contribution in [3.05, 3.63) is 20.8 Å². The van der Waals surface area contributed by atoms with E-state index in [-0.39, 0.29) is 17.5 Å². The normalized spacial score (nSPS) is 22.2. The van der Waals surface area contributed by atoms with E-state index in [0.29, 0.717) is 23.4 Å². The molecular formula is C21H29N3O2S2. The van der Waals surface area contributed by atoms with Gasteiger partial charge in [0.1, 0.15) is 4.83 Å². The van der Waals surface area contributed by atoms with Crippen LogP contribution in [-0.2, 0) is 24.2 Å². The van der Waals surface area contributed by atoms with Crippen molar-refractivity contribution < 1.29 is 4.79 Å². The first kappa shape index (κ1) is 20.0. The maximum absolute atomic E-state index is 13.1. The summed E-state index contributed by atoms with van der Waals surface area (Å²) in [6.07, 6.45) is 9.12. The molecule has 152 valence electrons. The van der Waals surface area contributed by atoms with Gasteiger partial charge in [-0.3, -0.25) is 14.2 Å². The van der Waals surface area contributed by atoms with Gasteiger partial charge in [-0.05, 0) is 56.9 Å². The standard InChI is InChI=1S/C21H29N3O2S2/c1-3-24-20(26)18-14-9-5-7-11-16(14)28-19(18)23-21(24)27-12-17(25)22-15-10-6-4-8-13(15)2/h13,15H,3-12H2,1-2H3,(H,22,25)/t13-,15-/m1/s1. The summed E-state index contributed by atoms with van der Waals surface area (Å²) in [5.74, 6) is 0.904. The summed E-state index contributed by atoms with van der Waals surface area (Å²) >= 11 is 3.06. The molecule has 7 heteroatoms. The van der Waals surface area contributed by atoms with Gasteiger partial charge < -0.3 is 5.32 Å². The zero-order valence-corrected chi connectivity index (χ0v) is 18.4. The molecule has 1 N–H and O–H groups in total. The number of carbonyl (C=O) groups excluding carboxylic acids is 1. The summed E-state index contributed by atoms with van der Waals surface area (Å²) in [4.78, 5) is 32.6. The van der Waals surface area contributed by atoms with Crippen LogP contribution in [0.5, 0.6) is 0 Å². The average molecular weight is 420 g/mol. The Balaban J connectivity index is 1.53. The highest BCUT2D eigenvalue weighted by Gasteiger charge is 2.24. The minimum Gasteiger partial charge on any atom is -0.352 e. The van der Waals surface area contributed by atoms with Crippen molar-refractivity contribution in [3.63, 3.8) is 0 Å². The molecule has 0 saturated heterocycles. The molecule has 2 atom stereocenters. The quantitative estimate of drug-likeness (QED) is 0.584. The highest BCUT2D eigenvalue weighted by atomic mass is 32.2. The van der Waals surface area contributed by atoms with E-state index in [9.17, 15) is 9.59 Å². The Morgan fingerprint density at radius 3 is 2.82 bits per heavy atom. The predicted octanol–water partition coefficient (Wildman–Crippen LogP) is 4.14. The van der Waals surface area contributed by atoms with Crippen molar-refractivity contribution in [1.29, 1.82) is 0 Å². The second kappa shape index (κ2) is 8.57. The van der Waals surface area contributed by atoms with Crippen LogP contribution in [0, 0.1) is 5.92 Å². The predicted molar refractivity (Wildman–Crippen MR) is 116 cm³/mol. The summed E-state index contributed by atoms with van der Waals surface area (Å²) in [6.45, 7) is 4.78. The highest BCUT2D eigenvalue weighted by molar-refractivity contribution is 7.99. The fourth-order valence-electron chi connectivity index (χ4n) is 4.52. The van der Waals surface area contributed by atoms with Crippen molar-refractivity contribution in [1.82, 2.24) is 14.9 Å². The molecule has 2 aromatic heterocycles.